The maximum Gasteiger partial charge on any atom is 0.416 e. The Morgan fingerprint density at radius 1 is 1.30 bits per heavy atom. The van der Waals surface area contributed by atoms with Gasteiger partial charge in [0.2, 0.25) is 0 Å². The van der Waals surface area contributed by atoms with Gasteiger partial charge < -0.3 is 4.84 Å². The standard InChI is InChI=1S/C16H18BrF3N2O/c1-10(11-2-4-13(5-3-11)16(18,19)20)22-7-6-12(9-22)14-8-15(17)21-23-14/h2-5,10,12,14H,6-9H2,1H3/t10-,12-,14?/m1/s1. The van der Waals surface area contributed by atoms with Crippen LogP contribution in [0.25, 0.3) is 0 Å². The molecule has 2 aliphatic rings. The van der Waals surface area contributed by atoms with Crippen LogP contribution in [0.1, 0.15) is 36.9 Å². The van der Waals surface area contributed by atoms with E-state index in [0.717, 1.165) is 48.2 Å². The van der Waals surface area contributed by atoms with Crippen LogP contribution in [0.4, 0.5) is 13.2 Å². The maximum absolute atomic E-state index is 12.6. The third-order valence-corrected chi connectivity index (χ3v) is 5.18. The van der Waals surface area contributed by atoms with E-state index in [1.165, 1.54) is 0 Å². The van der Waals surface area contributed by atoms with Gasteiger partial charge in [-0.2, -0.15) is 13.2 Å². The Labute approximate surface area is 141 Å². The van der Waals surface area contributed by atoms with Gasteiger partial charge in [0.1, 0.15) is 10.7 Å². The summed E-state index contributed by atoms with van der Waals surface area (Å²) in [4.78, 5) is 7.72. The van der Waals surface area contributed by atoms with Gasteiger partial charge in [-0.1, -0.05) is 17.3 Å². The first kappa shape index (κ1) is 16.8. The molecule has 126 valence electrons. The molecule has 0 spiro atoms. The van der Waals surface area contributed by atoms with Gasteiger partial charge in [0, 0.05) is 24.9 Å². The number of benzene rings is 1. The summed E-state index contributed by atoms with van der Waals surface area (Å²) in [6.45, 7) is 3.83. The van der Waals surface area contributed by atoms with E-state index in [2.05, 4.69) is 26.0 Å². The minimum absolute atomic E-state index is 0.0908. The molecule has 3 nitrogen and oxygen atoms in total. The molecule has 0 aromatic heterocycles. The molecular weight excluding hydrogens is 373 g/mol. The van der Waals surface area contributed by atoms with Gasteiger partial charge in [0.15, 0.2) is 0 Å². The van der Waals surface area contributed by atoms with Gasteiger partial charge in [-0.15, -0.1) is 0 Å². The molecule has 1 unspecified atom stereocenters. The monoisotopic (exact) mass is 390 g/mol. The Kier molecular flexibility index (Phi) is 4.69. The van der Waals surface area contributed by atoms with E-state index >= 15 is 0 Å². The summed E-state index contributed by atoms with van der Waals surface area (Å²) in [7, 11) is 0. The smallest absolute Gasteiger partial charge is 0.391 e. The van der Waals surface area contributed by atoms with Crippen LogP contribution in [0.3, 0.4) is 0 Å². The van der Waals surface area contributed by atoms with Gasteiger partial charge in [0.05, 0.1) is 5.56 Å². The topological polar surface area (TPSA) is 24.8 Å². The van der Waals surface area contributed by atoms with Crippen molar-refractivity contribution < 1.29 is 18.0 Å². The second-order valence-electron chi connectivity index (χ2n) is 6.15. The fourth-order valence-corrected chi connectivity index (χ4v) is 3.65. The molecular formula is C16H18BrF3N2O. The van der Waals surface area contributed by atoms with E-state index in [-0.39, 0.29) is 12.1 Å². The summed E-state index contributed by atoms with van der Waals surface area (Å²) in [5.41, 5.74) is 0.303. The lowest BCUT2D eigenvalue weighted by molar-refractivity contribution is -0.137. The third kappa shape index (κ3) is 3.71. The fraction of sp³-hybridized carbons (Fsp3) is 0.562. The molecule has 2 heterocycles. The number of likely N-dealkylation sites (tertiary alicyclic amines) is 1. The average Bonchev–Trinajstić information content (AvgIpc) is 3.14. The van der Waals surface area contributed by atoms with E-state index in [4.69, 9.17) is 4.84 Å². The average molecular weight is 391 g/mol. The zero-order valence-corrected chi connectivity index (χ0v) is 14.3. The number of oxime groups is 1. The molecule has 0 aliphatic carbocycles. The van der Waals surface area contributed by atoms with Crippen LogP contribution in [-0.4, -0.2) is 28.7 Å². The third-order valence-electron chi connectivity index (χ3n) is 4.71. The maximum atomic E-state index is 12.6. The minimum Gasteiger partial charge on any atom is -0.391 e. The molecule has 0 radical (unpaired) electrons. The number of nitrogens with zero attached hydrogens (tertiary/aromatic N) is 2. The molecule has 1 aromatic carbocycles. The Balaban J connectivity index is 1.61. The molecule has 23 heavy (non-hydrogen) atoms. The van der Waals surface area contributed by atoms with Crippen molar-refractivity contribution in [2.75, 3.05) is 13.1 Å². The van der Waals surface area contributed by atoms with Crippen LogP contribution in [0, 0.1) is 5.92 Å². The number of alkyl halides is 3. The van der Waals surface area contributed by atoms with Crippen LogP contribution in [0.2, 0.25) is 0 Å². The SMILES string of the molecule is C[C@H](c1ccc(C(F)(F)F)cc1)N1CC[C@@H](C2CC(Br)=NO2)C1. The van der Waals surface area contributed by atoms with Gasteiger partial charge in [-0.05, 0) is 53.5 Å². The van der Waals surface area contributed by atoms with Crippen molar-refractivity contribution >= 4 is 20.6 Å². The minimum atomic E-state index is -4.28. The number of rotatable bonds is 3. The van der Waals surface area contributed by atoms with Gasteiger partial charge in [0.25, 0.3) is 0 Å². The van der Waals surface area contributed by atoms with E-state index in [0.29, 0.717) is 5.92 Å². The fourth-order valence-electron chi connectivity index (χ4n) is 3.25. The van der Waals surface area contributed by atoms with Crippen LogP contribution >= 0.6 is 15.9 Å². The Bertz CT molecular complexity index is 588. The van der Waals surface area contributed by atoms with E-state index in [1.54, 1.807) is 12.1 Å². The lowest BCUT2D eigenvalue weighted by Gasteiger charge is -2.25. The number of hydrogen-bond donors (Lipinski definition) is 0. The first-order valence-electron chi connectivity index (χ1n) is 7.64. The van der Waals surface area contributed by atoms with Gasteiger partial charge >= 0.3 is 6.18 Å². The molecule has 1 saturated heterocycles. The number of hydrogen-bond acceptors (Lipinski definition) is 3. The molecule has 3 atom stereocenters. The molecule has 2 aliphatic heterocycles. The highest BCUT2D eigenvalue weighted by Crippen LogP contribution is 2.34. The lowest BCUT2D eigenvalue weighted by atomic mass is 9.99. The zero-order chi connectivity index (χ0) is 16.6. The van der Waals surface area contributed by atoms with Crippen molar-refractivity contribution in [1.29, 1.82) is 0 Å². The molecule has 1 aromatic rings. The first-order valence-corrected chi connectivity index (χ1v) is 8.43. The summed E-state index contributed by atoms with van der Waals surface area (Å²) in [6.07, 6.45) is -2.36. The second-order valence-corrected chi connectivity index (χ2v) is 7.07. The van der Waals surface area contributed by atoms with Crippen molar-refractivity contribution in [2.24, 2.45) is 11.1 Å². The Morgan fingerprint density at radius 2 is 2.00 bits per heavy atom. The molecule has 0 N–H and O–H groups in total. The molecule has 7 heteroatoms. The van der Waals surface area contributed by atoms with Gasteiger partial charge in [-0.25, -0.2) is 0 Å². The first-order chi connectivity index (χ1) is 10.8. The van der Waals surface area contributed by atoms with Crippen molar-refractivity contribution in [2.45, 2.75) is 38.1 Å². The molecule has 3 rings (SSSR count). The summed E-state index contributed by atoms with van der Waals surface area (Å²) < 4.78 is 38.8. The van der Waals surface area contributed by atoms with E-state index < -0.39 is 11.7 Å². The normalized spacial score (nSPS) is 26.9. The summed E-state index contributed by atoms with van der Waals surface area (Å²) in [6, 6.07) is 5.56. The number of halogens is 4. The van der Waals surface area contributed by atoms with Crippen molar-refractivity contribution in [3.8, 4) is 0 Å². The highest BCUT2D eigenvalue weighted by Gasteiger charge is 2.36. The summed E-state index contributed by atoms with van der Waals surface area (Å²) in [5.74, 6) is 0.408. The van der Waals surface area contributed by atoms with Crippen LogP contribution in [0.15, 0.2) is 29.4 Å². The zero-order valence-electron chi connectivity index (χ0n) is 12.7. The lowest BCUT2D eigenvalue weighted by Crippen LogP contribution is -2.28. The van der Waals surface area contributed by atoms with Crippen molar-refractivity contribution in [3.63, 3.8) is 0 Å². The van der Waals surface area contributed by atoms with Crippen LogP contribution in [-0.2, 0) is 11.0 Å². The Morgan fingerprint density at radius 3 is 2.57 bits per heavy atom. The molecule has 0 saturated carbocycles. The molecule has 0 bridgehead atoms. The Hall–Kier alpha value is -1.08. The summed E-state index contributed by atoms with van der Waals surface area (Å²) in [5, 5.41) is 3.93. The van der Waals surface area contributed by atoms with E-state index in [1.807, 2.05) is 6.92 Å². The quantitative estimate of drug-likeness (QED) is 0.753. The van der Waals surface area contributed by atoms with Crippen molar-refractivity contribution in [1.82, 2.24) is 4.90 Å². The van der Waals surface area contributed by atoms with Crippen LogP contribution < -0.4 is 0 Å². The largest absolute Gasteiger partial charge is 0.416 e. The second kappa shape index (κ2) is 6.43. The van der Waals surface area contributed by atoms with Gasteiger partial charge in [-0.3, -0.25) is 4.90 Å². The predicted molar refractivity (Wildman–Crippen MR) is 85.4 cm³/mol. The highest BCUT2D eigenvalue weighted by molar-refractivity contribution is 9.18. The van der Waals surface area contributed by atoms with Crippen molar-refractivity contribution in [3.05, 3.63) is 35.4 Å². The molecule has 0 amide bonds. The van der Waals surface area contributed by atoms with E-state index in [9.17, 15) is 13.2 Å². The predicted octanol–water partition coefficient (Wildman–Crippen LogP) is 4.59. The molecule has 1 fully saturated rings. The highest BCUT2D eigenvalue weighted by atomic mass is 79.9. The summed E-state index contributed by atoms with van der Waals surface area (Å²) >= 11 is 3.35. The van der Waals surface area contributed by atoms with Crippen LogP contribution in [0.5, 0.6) is 0 Å².